The summed E-state index contributed by atoms with van der Waals surface area (Å²) < 4.78 is 7.22. The van der Waals surface area contributed by atoms with Crippen molar-refractivity contribution in [3.63, 3.8) is 0 Å². The number of carbonyl (C=O) groups is 1. The lowest BCUT2D eigenvalue weighted by molar-refractivity contribution is 0.251. The SMILES string of the molecule is COc1ccc(C)nc1NC(=O)NCc1ccn(C2CCCC2)n1. The van der Waals surface area contributed by atoms with Gasteiger partial charge in [-0.15, -0.1) is 0 Å². The van der Waals surface area contributed by atoms with Gasteiger partial charge in [0.1, 0.15) is 0 Å². The maximum absolute atomic E-state index is 12.1. The van der Waals surface area contributed by atoms with Crippen molar-refractivity contribution in [2.24, 2.45) is 0 Å². The van der Waals surface area contributed by atoms with Gasteiger partial charge < -0.3 is 10.1 Å². The molecular formula is C17H23N5O2. The fourth-order valence-electron chi connectivity index (χ4n) is 2.96. The third-order valence-electron chi connectivity index (χ3n) is 4.24. The van der Waals surface area contributed by atoms with E-state index in [1.807, 2.05) is 29.9 Å². The van der Waals surface area contributed by atoms with Gasteiger partial charge >= 0.3 is 6.03 Å². The first-order valence-corrected chi connectivity index (χ1v) is 8.26. The molecule has 0 saturated heterocycles. The third kappa shape index (κ3) is 3.84. The average Bonchev–Trinajstić information content (AvgIpc) is 3.24. The summed E-state index contributed by atoms with van der Waals surface area (Å²) >= 11 is 0. The van der Waals surface area contributed by atoms with E-state index in [1.165, 1.54) is 25.7 Å². The molecule has 3 rings (SSSR count). The fourth-order valence-corrected chi connectivity index (χ4v) is 2.96. The fraction of sp³-hybridized carbons (Fsp3) is 0.471. The van der Waals surface area contributed by atoms with Crippen molar-refractivity contribution in [2.75, 3.05) is 12.4 Å². The summed E-state index contributed by atoms with van der Waals surface area (Å²) in [5, 5.41) is 10.1. The van der Waals surface area contributed by atoms with Crippen LogP contribution in [0.2, 0.25) is 0 Å². The minimum Gasteiger partial charge on any atom is -0.493 e. The Hall–Kier alpha value is -2.57. The molecule has 2 amide bonds. The van der Waals surface area contributed by atoms with E-state index in [9.17, 15) is 4.79 Å². The number of aryl methyl sites for hydroxylation is 1. The Balaban J connectivity index is 1.55. The Labute approximate surface area is 141 Å². The second-order valence-electron chi connectivity index (χ2n) is 6.04. The van der Waals surface area contributed by atoms with Crippen molar-refractivity contribution in [1.29, 1.82) is 0 Å². The molecule has 0 atom stereocenters. The Morgan fingerprint density at radius 3 is 2.88 bits per heavy atom. The van der Waals surface area contributed by atoms with Crippen LogP contribution in [-0.2, 0) is 6.54 Å². The Morgan fingerprint density at radius 1 is 1.33 bits per heavy atom. The highest BCUT2D eigenvalue weighted by Crippen LogP contribution is 2.28. The van der Waals surface area contributed by atoms with Crippen LogP contribution in [0.1, 0.15) is 43.1 Å². The number of anilines is 1. The topological polar surface area (TPSA) is 81.1 Å². The van der Waals surface area contributed by atoms with Crippen LogP contribution in [-0.4, -0.2) is 27.9 Å². The van der Waals surface area contributed by atoms with Gasteiger partial charge in [-0.1, -0.05) is 12.8 Å². The highest BCUT2D eigenvalue weighted by atomic mass is 16.5. The number of pyridine rings is 1. The van der Waals surface area contributed by atoms with E-state index in [0.717, 1.165) is 11.4 Å². The standard InChI is InChI=1S/C17H23N5O2/c1-12-7-8-15(24-2)16(19-12)20-17(23)18-11-13-9-10-22(21-13)14-5-3-4-6-14/h7-10,14H,3-6,11H2,1-2H3,(H2,18,19,20,23). The predicted molar refractivity (Wildman–Crippen MR) is 91.1 cm³/mol. The number of hydrogen-bond acceptors (Lipinski definition) is 4. The number of nitrogens with one attached hydrogen (secondary N) is 2. The second-order valence-corrected chi connectivity index (χ2v) is 6.04. The van der Waals surface area contributed by atoms with Gasteiger partial charge in [-0.05, 0) is 38.0 Å². The van der Waals surface area contributed by atoms with Crippen LogP contribution in [0.4, 0.5) is 10.6 Å². The Kier molecular flexibility index (Phi) is 4.98. The first-order chi connectivity index (χ1) is 11.7. The van der Waals surface area contributed by atoms with E-state index in [-0.39, 0.29) is 6.03 Å². The Bertz CT molecular complexity index is 707. The zero-order valence-electron chi connectivity index (χ0n) is 14.1. The van der Waals surface area contributed by atoms with Gasteiger partial charge in [0.05, 0.1) is 25.4 Å². The van der Waals surface area contributed by atoms with Gasteiger partial charge in [0, 0.05) is 11.9 Å². The highest BCUT2D eigenvalue weighted by Gasteiger charge is 2.17. The van der Waals surface area contributed by atoms with Gasteiger partial charge in [0.15, 0.2) is 11.6 Å². The molecule has 1 saturated carbocycles. The van der Waals surface area contributed by atoms with Crippen molar-refractivity contribution < 1.29 is 9.53 Å². The molecule has 0 aliphatic heterocycles. The maximum atomic E-state index is 12.1. The van der Waals surface area contributed by atoms with Gasteiger partial charge in [-0.2, -0.15) is 5.10 Å². The van der Waals surface area contributed by atoms with Crippen molar-refractivity contribution in [3.8, 4) is 5.75 Å². The van der Waals surface area contributed by atoms with Crippen molar-refractivity contribution >= 4 is 11.8 Å². The monoisotopic (exact) mass is 329 g/mol. The molecule has 0 bridgehead atoms. The molecule has 24 heavy (non-hydrogen) atoms. The maximum Gasteiger partial charge on any atom is 0.320 e. The van der Waals surface area contributed by atoms with Gasteiger partial charge in [-0.25, -0.2) is 9.78 Å². The summed E-state index contributed by atoms with van der Waals surface area (Å²) in [5.41, 5.74) is 1.66. The molecule has 7 heteroatoms. The van der Waals surface area contributed by atoms with Crippen LogP contribution < -0.4 is 15.4 Å². The number of hydrogen-bond donors (Lipinski definition) is 2. The van der Waals surface area contributed by atoms with E-state index < -0.39 is 0 Å². The lowest BCUT2D eigenvalue weighted by atomic mass is 10.3. The number of methoxy groups -OCH3 is 1. The third-order valence-corrected chi connectivity index (χ3v) is 4.24. The van der Waals surface area contributed by atoms with E-state index in [2.05, 4.69) is 20.7 Å². The summed E-state index contributed by atoms with van der Waals surface area (Å²) in [4.78, 5) is 16.4. The van der Waals surface area contributed by atoms with Gasteiger partial charge in [0.2, 0.25) is 0 Å². The lowest BCUT2D eigenvalue weighted by Crippen LogP contribution is -2.29. The number of urea groups is 1. The van der Waals surface area contributed by atoms with E-state index in [1.54, 1.807) is 13.2 Å². The van der Waals surface area contributed by atoms with E-state index >= 15 is 0 Å². The highest BCUT2D eigenvalue weighted by molar-refractivity contribution is 5.89. The molecule has 1 aliphatic rings. The molecular weight excluding hydrogens is 306 g/mol. The molecule has 2 aromatic rings. The Morgan fingerprint density at radius 2 is 2.12 bits per heavy atom. The molecule has 128 valence electrons. The molecule has 0 aromatic carbocycles. The van der Waals surface area contributed by atoms with Crippen LogP contribution in [0.25, 0.3) is 0 Å². The first-order valence-electron chi connectivity index (χ1n) is 8.26. The van der Waals surface area contributed by atoms with Crippen LogP contribution >= 0.6 is 0 Å². The van der Waals surface area contributed by atoms with E-state index in [4.69, 9.17) is 4.74 Å². The average molecular weight is 329 g/mol. The summed E-state index contributed by atoms with van der Waals surface area (Å²) in [5.74, 6) is 0.938. The van der Waals surface area contributed by atoms with Gasteiger partial charge in [-0.3, -0.25) is 10.00 Å². The van der Waals surface area contributed by atoms with Crippen LogP contribution in [0.3, 0.4) is 0 Å². The molecule has 0 spiro atoms. The number of nitrogens with zero attached hydrogens (tertiary/aromatic N) is 3. The summed E-state index contributed by atoms with van der Waals surface area (Å²) in [7, 11) is 1.55. The lowest BCUT2D eigenvalue weighted by Gasteiger charge is -2.11. The summed E-state index contributed by atoms with van der Waals surface area (Å²) in [6.45, 7) is 2.23. The zero-order chi connectivity index (χ0) is 16.9. The number of carbonyl (C=O) groups excluding carboxylic acids is 1. The smallest absolute Gasteiger partial charge is 0.320 e. The molecule has 2 N–H and O–H groups in total. The van der Waals surface area contributed by atoms with Crippen molar-refractivity contribution in [1.82, 2.24) is 20.1 Å². The van der Waals surface area contributed by atoms with Crippen molar-refractivity contribution in [3.05, 3.63) is 35.8 Å². The largest absolute Gasteiger partial charge is 0.493 e. The number of amides is 2. The van der Waals surface area contributed by atoms with Crippen LogP contribution in [0.15, 0.2) is 24.4 Å². The quantitative estimate of drug-likeness (QED) is 0.883. The normalized spacial score (nSPS) is 14.6. The zero-order valence-corrected chi connectivity index (χ0v) is 14.1. The summed E-state index contributed by atoms with van der Waals surface area (Å²) in [6, 6.07) is 5.73. The minimum absolute atomic E-state index is 0.332. The van der Waals surface area contributed by atoms with Crippen LogP contribution in [0, 0.1) is 6.92 Å². The first kappa shape index (κ1) is 16.3. The molecule has 2 aromatic heterocycles. The number of aromatic nitrogens is 3. The minimum atomic E-state index is -0.332. The van der Waals surface area contributed by atoms with E-state index in [0.29, 0.717) is 24.2 Å². The molecule has 1 aliphatic carbocycles. The number of rotatable bonds is 5. The molecule has 1 fully saturated rings. The number of ether oxygens (including phenoxy) is 1. The van der Waals surface area contributed by atoms with Gasteiger partial charge in [0.25, 0.3) is 0 Å². The van der Waals surface area contributed by atoms with Crippen LogP contribution in [0.5, 0.6) is 5.75 Å². The molecule has 7 nitrogen and oxygen atoms in total. The second kappa shape index (κ2) is 7.33. The van der Waals surface area contributed by atoms with Crippen molar-refractivity contribution in [2.45, 2.75) is 45.2 Å². The predicted octanol–water partition coefficient (Wildman–Crippen LogP) is 3.03. The summed E-state index contributed by atoms with van der Waals surface area (Å²) in [6.07, 6.45) is 6.91. The molecule has 0 unspecified atom stereocenters. The molecule has 0 radical (unpaired) electrons. The molecule has 2 heterocycles.